The summed E-state index contributed by atoms with van der Waals surface area (Å²) >= 11 is 0. The molecule has 0 amide bonds. The van der Waals surface area contributed by atoms with E-state index in [9.17, 15) is 30.7 Å². The van der Waals surface area contributed by atoms with E-state index in [0.717, 1.165) is 37.3 Å². The van der Waals surface area contributed by atoms with Crippen LogP contribution in [0, 0.1) is 34.9 Å². The van der Waals surface area contributed by atoms with Crippen molar-refractivity contribution in [1.82, 2.24) is 0 Å². The van der Waals surface area contributed by atoms with Gasteiger partial charge in [0, 0.05) is 17.2 Å². The molecule has 0 unspecified atom stereocenters. The Kier molecular flexibility index (Phi) is 11.1. The number of unbranched alkanes of at least 4 members (excludes halogenated alkanes) is 2. The van der Waals surface area contributed by atoms with Gasteiger partial charge in [0.2, 0.25) is 0 Å². The molecule has 272 valence electrons. The first-order chi connectivity index (χ1) is 24.5. The lowest BCUT2D eigenvalue weighted by Crippen LogP contribution is -2.25. The van der Waals surface area contributed by atoms with E-state index in [0.29, 0.717) is 47.5 Å². The summed E-state index contributed by atoms with van der Waals surface area (Å²) in [5, 5.41) is 0. The van der Waals surface area contributed by atoms with Crippen molar-refractivity contribution in [2.45, 2.75) is 44.9 Å². The van der Waals surface area contributed by atoms with E-state index >= 15 is 22.0 Å². The van der Waals surface area contributed by atoms with Gasteiger partial charge in [-0.15, -0.1) is 0 Å². The van der Waals surface area contributed by atoms with Gasteiger partial charge < -0.3 is 4.74 Å². The second-order valence-electron chi connectivity index (χ2n) is 11.8. The second kappa shape index (κ2) is 15.2. The average molecular weight is 739 g/mol. The summed E-state index contributed by atoms with van der Waals surface area (Å²) in [6.07, 6.45) is -6.90. The first-order valence-corrected chi connectivity index (χ1v) is 15.7. The molecule has 0 aliphatic carbocycles. The Labute approximate surface area is 289 Å². The number of rotatable bonds is 11. The molecule has 0 aliphatic rings. The minimum atomic E-state index is -5.25. The minimum absolute atomic E-state index is 0.286. The Balaban J connectivity index is 1.35. The highest BCUT2D eigenvalue weighted by Gasteiger charge is 2.41. The Morgan fingerprint density at radius 2 is 1.08 bits per heavy atom. The fourth-order valence-electron chi connectivity index (χ4n) is 5.54. The summed E-state index contributed by atoms with van der Waals surface area (Å²) in [5.41, 5.74) is -3.31. The van der Waals surface area contributed by atoms with Crippen molar-refractivity contribution in [3.05, 3.63) is 143 Å². The third-order valence-corrected chi connectivity index (χ3v) is 8.04. The first-order valence-electron chi connectivity index (χ1n) is 15.7. The predicted molar refractivity (Wildman–Crippen MR) is 172 cm³/mol. The lowest BCUT2D eigenvalue weighted by Gasteiger charge is -2.20. The largest absolute Gasteiger partial charge is 0.432 e. The molecule has 13 heteroatoms. The van der Waals surface area contributed by atoms with E-state index in [2.05, 4.69) is 11.7 Å². The number of hydrogen-bond donors (Lipinski definition) is 0. The van der Waals surface area contributed by atoms with Crippen LogP contribution >= 0.6 is 0 Å². The number of hydrogen-bond acceptors (Lipinski definition) is 1. The summed E-state index contributed by atoms with van der Waals surface area (Å²) in [7, 11) is 0. The molecule has 0 aromatic heterocycles. The number of aryl methyl sites for hydroxylation is 1. The van der Waals surface area contributed by atoms with Crippen LogP contribution in [0.5, 0.6) is 5.75 Å². The van der Waals surface area contributed by atoms with Gasteiger partial charge in [0.05, 0.1) is 11.6 Å². The maximum absolute atomic E-state index is 15.2. The van der Waals surface area contributed by atoms with Crippen molar-refractivity contribution in [3.8, 4) is 39.1 Å². The Morgan fingerprint density at radius 1 is 0.577 bits per heavy atom. The number of ether oxygens (including phenoxy) is 1. The smallest absolute Gasteiger partial charge is 0.429 e. The molecule has 0 saturated heterocycles. The molecule has 0 fully saturated rings. The molecule has 0 spiro atoms. The van der Waals surface area contributed by atoms with Crippen LogP contribution < -0.4 is 4.74 Å². The fourth-order valence-corrected chi connectivity index (χ4v) is 5.54. The quantitative estimate of drug-likeness (QED) is 0.0969. The Bertz CT molecular complexity index is 2070. The number of benzene rings is 5. The lowest BCUT2D eigenvalue weighted by molar-refractivity contribution is -0.189. The maximum atomic E-state index is 15.2. The molecule has 0 radical (unpaired) electrons. The number of alkyl halides is 5. The van der Waals surface area contributed by atoms with Gasteiger partial charge in [0.1, 0.15) is 52.0 Å². The van der Waals surface area contributed by atoms with Gasteiger partial charge in [0.25, 0.3) is 0 Å². The van der Waals surface area contributed by atoms with Crippen LogP contribution in [0.1, 0.15) is 42.9 Å². The Morgan fingerprint density at radius 3 is 1.60 bits per heavy atom. The molecule has 0 bridgehead atoms. The first kappa shape index (κ1) is 38.0. The van der Waals surface area contributed by atoms with Gasteiger partial charge in [-0.25, -0.2) is 30.7 Å². The van der Waals surface area contributed by atoms with E-state index in [1.54, 1.807) is 0 Å². The highest BCUT2D eigenvalue weighted by Crippen LogP contribution is 2.40. The molecule has 5 rings (SSSR count). The predicted octanol–water partition coefficient (Wildman–Crippen LogP) is 13.3. The lowest BCUT2D eigenvalue weighted by atomic mass is 9.97. The van der Waals surface area contributed by atoms with Crippen LogP contribution in [0.15, 0.2) is 91.0 Å². The topological polar surface area (TPSA) is 9.23 Å². The van der Waals surface area contributed by atoms with Crippen molar-refractivity contribution >= 4 is 5.83 Å². The van der Waals surface area contributed by atoms with Crippen LogP contribution in [0.2, 0.25) is 0 Å². The van der Waals surface area contributed by atoms with E-state index in [1.807, 2.05) is 24.3 Å². The fraction of sp³-hybridized carbons (Fsp3) is 0.179. The van der Waals surface area contributed by atoms with E-state index in [1.165, 1.54) is 12.1 Å². The third-order valence-electron chi connectivity index (χ3n) is 8.04. The molecule has 5 aromatic carbocycles. The van der Waals surface area contributed by atoms with Gasteiger partial charge in [0.15, 0.2) is 0 Å². The number of halogens is 12. The highest BCUT2D eigenvalue weighted by molar-refractivity contribution is 5.72. The standard InChI is InChI=1S/C39H26F12O/c1-2-3-4-5-21-6-8-22(9-7-21)23-10-12-27(29(40)14-23)25-17-33(44)37(34(45)18-25)39(50,51)52-26-11-13-28(30(41)19-26)24-15-31(42)36(32(43)16-24)35(46)20-38(47,48)49/h6-20H,2-5H2,1H3/b35-20-. The van der Waals surface area contributed by atoms with Gasteiger partial charge in [-0.1, -0.05) is 56.2 Å². The summed E-state index contributed by atoms with van der Waals surface area (Å²) in [6, 6.07) is 14.5. The van der Waals surface area contributed by atoms with Crippen LogP contribution in [0.25, 0.3) is 39.2 Å². The second-order valence-corrected chi connectivity index (χ2v) is 11.8. The van der Waals surface area contributed by atoms with Crippen LogP contribution in [0.4, 0.5) is 52.7 Å². The van der Waals surface area contributed by atoms with Crippen molar-refractivity contribution in [1.29, 1.82) is 0 Å². The van der Waals surface area contributed by atoms with Crippen LogP contribution in [-0.4, -0.2) is 6.18 Å². The summed E-state index contributed by atoms with van der Waals surface area (Å²) < 4.78 is 175. The third kappa shape index (κ3) is 8.63. The van der Waals surface area contributed by atoms with Gasteiger partial charge >= 0.3 is 12.3 Å². The normalized spacial score (nSPS) is 12.4. The van der Waals surface area contributed by atoms with Gasteiger partial charge in [-0.05, 0) is 83.1 Å². The van der Waals surface area contributed by atoms with E-state index < -0.39 is 92.7 Å². The van der Waals surface area contributed by atoms with Gasteiger partial charge in [-0.2, -0.15) is 22.0 Å². The zero-order valence-electron chi connectivity index (χ0n) is 26.9. The highest BCUT2D eigenvalue weighted by atomic mass is 19.4. The molecule has 5 aromatic rings. The average Bonchev–Trinajstić information content (AvgIpc) is 3.03. The molecule has 0 N–H and O–H groups in total. The van der Waals surface area contributed by atoms with Crippen molar-refractivity contribution in [2.75, 3.05) is 0 Å². The van der Waals surface area contributed by atoms with E-state index in [-0.39, 0.29) is 11.6 Å². The Hall–Kier alpha value is -5.20. The SMILES string of the molecule is CCCCCc1ccc(-c2ccc(-c3cc(F)c(C(F)(F)Oc4ccc(-c5cc(F)c(/C(F)=C/C(F)(F)F)c(F)c5)c(F)c4)c(F)c3)c(F)c2)cc1. The molecule has 0 heterocycles. The summed E-state index contributed by atoms with van der Waals surface area (Å²) in [4.78, 5) is 0. The molecule has 0 aliphatic heterocycles. The van der Waals surface area contributed by atoms with Crippen molar-refractivity contribution in [3.63, 3.8) is 0 Å². The molecular formula is C39H26F12O. The monoisotopic (exact) mass is 738 g/mol. The van der Waals surface area contributed by atoms with Crippen molar-refractivity contribution in [2.24, 2.45) is 0 Å². The summed E-state index contributed by atoms with van der Waals surface area (Å²) in [5.74, 6) is -12.9. The zero-order valence-corrected chi connectivity index (χ0v) is 26.9. The minimum Gasteiger partial charge on any atom is -0.429 e. The van der Waals surface area contributed by atoms with Crippen LogP contribution in [-0.2, 0) is 12.5 Å². The molecule has 0 saturated carbocycles. The molecule has 0 atom stereocenters. The molecular weight excluding hydrogens is 712 g/mol. The molecule has 52 heavy (non-hydrogen) atoms. The van der Waals surface area contributed by atoms with Crippen LogP contribution in [0.3, 0.4) is 0 Å². The number of allylic oxidation sites excluding steroid dienone is 1. The maximum Gasteiger partial charge on any atom is 0.432 e. The van der Waals surface area contributed by atoms with E-state index in [4.69, 9.17) is 0 Å². The molecule has 1 nitrogen and oxygen atoms in total. The summed E-state index contributed by atoms with van der Waals surface area (Å²) in [6.45, 7) is 2.10. The zero-order chi connectivity index (χ0) is 38.0. The van der Waals surface area contributed by atoms with Crippen molar-refractivity contribution < 1.29 is 57.4 Å². The van der Waals surface area contributed by atoms with Gasteiger partial charge in [-0.3, -0.25) is 0 Å².